The van der Waals surface area contributed by atoms with E-state index in [0.29, 0.717) is 12.8 Å². The van der Waals surface area contributed by atoms with Crippen molar-refractivity contribution in [1.29, 1.82) is 0 Å². The van der Waals surface area contributed by atoms with Crippen LogP contribution < -0.4 is 0 Å². The Bertz CT molecular complexity index is 627. The van der Waals surface area contributed by atoms with Gasteiger partial charge in [0.2, 0.25) is 0 Å². The van der Waals surface area contributed by atoms with Gasteiger partial charge in [-0.2, -0.15) is 0 Å². The predicted molar refractivity (Wildman–Crippen MR) is 108 cm³/mol. The van der Waals surface area contributed by atoms with E-state index in [1.165, 1.54) is 5.56 Å². The fourth-order valence-corrected chi connectivity index (χ4v) is 3.98. The van der Waals surface area contributed by atoms with Crippen LogP contribution in [0.5, 0.6) is 0 Å². The highest BCUT2D eigenvalue weighted by atomic mass is 16.2. The molecule has 1 aliphatic carbocycles. The molecule has 1 saturated carbocycles. The summed E-state index contributed by atoms with van der Waals surface area (Å²) in [5.74, 6) is 0.242. The van der Waals surface area contributed by atoms with Crippen molar-refractivity contribution in [1.82, 2.24) is 0 Å². The fraction of sp³-hybridized carbons (Fsp3) is 0.583. The maximum absolute atomic E-state index is 12.4. The molecule has 2 heteroatoms. The number of hydrogen-bond acceptors (Lipinski definition) is 2. The van der Waals surface area contributed by atoms with Gasteiger partial charge >= 0.3 is 0 Å². The molecule has 0 spiro atoms. The van der Waals surface area contributed by atoms with Gasteiger partial charge in [-0.25, -0.2) is 0 Å². The highest BCUT2D eigenvalue weighted by Gasteiger charge is 2.43. The number of hydrogen-bond donors (Lipinski definition) is 0. The summed E-state index contributed by atoms with van der Waals surface area (Å²) < 4.78 is 0. The standard InChI is InChI=1S/C24H34O2/c1-20(25)24(18-11-8-14-22(24)26)17-10-5-9-16-23(2,3)19-15-21-12-6-4-7-13-21/h4-7,9,12-13H,8,10-11,14-19H2,1-3H3/b9-5+. The summed E-state index contributed by atoms with van der Waals surface area (Å²) in [6.07, 6.45) is 12.5. The average Bonchev–Trinajstić information content (AvgIpc) is 2.62. The van der Waals surface area contributed by atoms with E-state index in [2.05, 4.69) is 56.3 Å². The Kier molecular flexibility index (Phi) is 7.37. The second-order valence-corrected chi connectivity index (χ2v) is 8.63. The molecule has 1 fully saturated rings. The Labute approximate surface area is 159 Å². The van der Waals surface area contributed by atoms with Crippen molar-refractivity contribution in [2.75, 3.05) is 0 Å². The molecule has 0 N–H and O–H groups in total. The first-order valence-corrected chi connectivity index (χ1v) is 10.1. The van der Waals surface area contributed by atoms with Crippen molar-refractivity contribution in [3.05, 3.63) is 48.0 Å². The van der Waals surface area contributed by atoms with E-state index < -0.39 is 5.41 Å². The van der Waals surface area contributed by atoms with Crippen LogP contribution >= 0.6 is 0 Å². The Morgan fingerprint density at radius 1 is 1.15 bits per heavy atom. The van der Waals surface area contributed by atoms with Crippen LogP contribution in [0.4, 0.5) is 0 Å². The SMILES string of the molecule is CC(=O)C1(CC/C=C/CC(C)(C)CCc2ccccc2)CCCCC1=O. The summed E-state index contributed by atoms with van der Waals surface area (Å²) in [6.45, 7) is 6.21. The lowest BCUT2D eigenvalue weighted by atomic mass is 9.68. The maximum atomic E-state index is 12.4. The maximum Gasteiger partial charge on any atom is 0.146 e. The molecule has 1 aliphatic rings. The molecule has 26 heavy (non-hydrogen) atoms. The quantitative estimate of drug-likeness (QED) is 0.397. The van der Waals surface area contributed by atoms with E-state index in [1.807, 2.05) is 0 Å². The molecule has 2 nitrogen and oxygen atoms in total. The van der Waals surface area contributed by atoms with Crippen LogP contribution in [0.2, 0.25) is 0 Å². The summed E-state index contributed by atoms with van der Waals surface area (Å²) in [7, 11) is 0. The Morgan fingerprint density at radius 2 is 1.88 bits per heavy atom. The van der Waals surface area contributed by atoms with Crippen LogP contribution in [0.25, 0.3) is 0 Å². The molecular formula is C24H34O2. The molecule has 0 amide bonds. The minimum Gasteiger partial charge on any atom is -0.299 e. The van der Waals surface area contributed by atoms with Crippen LogP contribution in [0, 0.1) is 10.8 Å². The van der Waals surface area contributed by atoms with Crippen LogP contribution in [-0.2, 0) is 16.0 Å². The van der Waals surface area contributed by atoms with Crippen LogP contribution in [0.15, 0.2) is 42.5 Å². The van der Waals surface area contributed by atoms with E-state index in [1.54, 1.807) is 6.92 Å². The first kappa shape index (κ1) is 20.6. The summed E-state index contributed by atoms with van der Waals surface area (Å²) in [5.41, 5.74) is 0.959. The number of allylic oxidation sites excluding steroid dienone is 2. The fourth-order valence-electron chi connectivity index (χ4n) is 3.98. The lowest BCUT2D eigenvalue weighted by Crippen LogP contribution is -2.40. The van der Waals surface area contributed by atoms with Gasteiger partial charge in [-0.15, -0.1) is 0 Å². The van der Waals surface area contributed by atoms with E-state index in [9.17, 15) is 9.59 Å². The Morgan fingerprint density at radius 3 is 2.54 bits per heavy atom. The molecule has 1 aromatic carbocycles. The van der Waals surface area contributed by atoms with Gasteiger partial charge in [0.15, 0.2) is 0 Å². The van der Waals surface area contributed by atoms with Gasteiger partial charge in [0.05, 0.1) is 5.41 Å². The minimum atomic E-state index is -0.689. The molecule has 2 rings (SSSR count). The van der Waals surface area contributed by atoms with E-state index in [0.717, 1.165) is 44.9 Å². The molecule has 0 radical (unpaired) electrons. The first-order chi connectivity index (χ1) is 12.4. The highest BCUT2D eigenvalue weighted by molar-refractivity contribution is 6.06. The molecule has 0 aliphatic heterocycles. The molecule has 0 aromatic heterocycles. The first-order valence-electron chi connectivity index (χ1n) is 10.1. The third-order valence-corrected chi connectivity index (χ3v) is 5.97. The van der Waals surface area contributed by atoms with E-state index >= 15 is 0 Å². The third-order valence-electron chi connectivity index (χ3n) is 5.97. The molecule has 0 heterocycles. The molecular weight excluding hydrogens is 320 g/mol. The molecule has 1 atom stereocenters. The van der Waals surface area contributed by atoms with Crippen molar-refractivity contribution in [2.45, 2.75) is 78.6 Å². The second-order valence-electron chi connectivity index (χ2n) is 8.63. The normalized spacial score (nSPS) is 21.3. The zero-order chi connectivity index (χ0) is 19.0. The smallest absolute Gasteiger partial charge is 0.146 e. The number of aryl methyl sites for hydroxylation is 1. The number of carbonyl (C=O) groups excluding carboxylic acids is 2. The van der Waals surface area contributed by atoms with Crippen molar-refractivity contribution < 1.29 is 9.59 Å². The van der Waals surface area contributed by atoms with Gasteiger partial charge in [-0.1, -0.05) is 62.8 Å². The average molecular weight is 355 g/mol. The lowest BCUT2D eigenvalue weighted by Gasteiger charge is -2.33. The van der Waals surface area contributed by atoms with Gasteiger partial charge in [0.1, 0.15) is 11.6 Å². The summed E-state index contributed by atoms with van der Waals surface area (Å²) >= 11 is 0. The summed E-state index contributed by atoms with van der Waals surface area (Å²) in [6, 6.07) is 10.6. The van der Waals surface area contributed by atoms with Crippen molar-refractivity contribution in [3.8, 4) is 0 Å². The zero-order valence-electron chi connectivity index (χ0n) is 16.7. The van der Waals surface area contributed by atoms with Crippen LogP contribution in [-0.4, -0.2) is 11.6 Å². The number of ketones is 2. The molecule has 0 saturated heterocycles. The number of rotatable bonds is 9. The monoisotopic (exact) mass is 354 g/mol. The van der Waals surface area contributed by atoms with Gasteiger partial charge in [0.25, 0.3) is 0 Å². The van der Waals surface area contributed by atoms with E-state index in [-0.39, 0.29) is 17.0 Å². The van der Waals surface area contributed by atoms with Gasteiger partial charge in [-0.05, 0) is 62.8 Å². The van der Waals surface area contributed by atoms with Crippen LogP contribution in [0.3, 0.4) is 0 Å². The minimum absolute atomic E-state index is 0.0683. The van der Waals surface area contributed by atoms with E-state index in [4.69, 9.17) is 0 Å². The number of Topliss-reactive ketones (excluding diaryl/α,β-unsaturated/α-hetero) is 2. The Hall–Kier alpha value is -1.70. The topological polar surface area (TPSA) is 34.1 Å². The van der Waals surface area contributed by atoms with Crippen molar-refractivity contribution in [2.24, 2.45) is 10.8 Å². The van der Waals surface area contributed by atoms with Gasteiger partial charge in [0, 0.05) is 6.42 Å². The number of benzene rings is 1. The van der Waals surface area contributed by atoms with Gasteiger partial charge < -0.3 is 0 Å². The largest absolute Gasteiger partial charge is 0.299 e. The molecule has 0 bridgehead atoms. The summed E-state index contributed by atoms with van der Waals surface area (Å²) in [4.78, 5) is 24.5. The highest BCUT2D eigenvalue weighted by Crippen LogP contribution is 2.38. The van der Waals surface area contributed by atoms with Crippen LogP contribution in [0.1, 0.15) is 77.7 Å². The van der Waals surface area contributed by atoms with Crippen molar-refractivity contribution >= 4 is 11.6 Å². The van der Waals surface area contributed by atoms with Crippen molar-refractivity contribution in [3.63, 3.8) is 0 Å². The van der Waals surface area contributed by atoms with Gasteiger partial charge in [-0.3, -0.25) is 9.59 Å². The molecule has 142 valence electrons. The molecule has 1 aromatic rings. The molecule has 1 unspecified atom stereocenters. The number of carbonyl (C=O) groups is 2. The zero-order valence-corrected chi connectivity index (χ0v) is 16.7. The second kappa shape index (κ2) is 9.30. The summed E-state index contributed by atoms with van der Waals surface area (Å²) in [5, 5.41) is 0. The lowest BCUT2D eigenvalue weighted by molar-refractivity contribution is -0.142. The predicted octanol–water partition coefficient (Wildman–Crippen LogP) is 6.09. The third kappa shape index (κ3) is 5.65. The Balaban J connectivity index is 1.80.